The number of hydrogen-bond acceptors (Lipinski definition) is 2. The van der Waals surface area contributed by atoms with Gasteiger partial charge in [-0.3, -0.25) is 9.69 Å². The van der Waals surface area contributed by atoms with Gasteiger partial charge in [-0.25, -0.2) is 0 Å². The maximum atomic E-state index is 11.5. The number of carboxylic acid groups (broad SMARTS) is 1. The molecule has 2 fully saturated rings. The van der Waals surface area contributed by atoms with E-state index in [9.17, 15) is 9.90 Å². The smallest absolute Gasteiger partial charge is 0.320 e. The molecule has 2 rings (SSSR count). The van der Waals surface area contributed by atoms with Crippen LogP contribution in [0.15, 0.2) is 0 Å². The maximum Gasteiger partial charge on any atom is 0.320 e. The van der Waals surface area contributed by atoms with Gasteiger partial charge in [0, 0.05) is 6.04 Å². The molecular weight excluding hydrogens is 226 g/mol. The molecule has 0 radical (unpaired) electrons. The number of likely N-dealkylation sites (tertiary alicyclic amines) is 1. The fourth-order valence-corrected chi connectivity index (χ4v) is 3.77. The summed E-state index contributed by atoms with van der Waals surface area (Å²) in [4.78, 5) is 13.8. The van der Waals surface area contributed by atoms with Gasteiger partial charge in [0.2, 0.25) is 0 Å². The fourth-order valence-electron chi connectivity index (χ4n) is 3.77. The molecule has 2 unspecified atom stereocenters. The normalized spacial score (nSPS) is 29.7. The minimum Gasteiger partial charge on any atom is -0.480 e. The molecule has 18 heavy (non-hydrogen) atoms. The molecule has 0 spiro atoms. The van der Waals surface area contributed by atoms with Gasteiger partial charge in [0.25, 0.3) is 0 Å². The van der Waals surface area contributed by atoms with Crippen molar-refractivity contribution in [1.29, 1.82) is 0 Å². The zero-order valence-electron chi connectivity index (χ0n) is 11.6. The average Bonchev–Trinajstić information content (AvgIpc) is 2.64. The van der Waals surface area contributed by atoms with E-state index >= 15 is 0 Å². The van der Waals surface area contributed by atoms with Gasteiger partial charge in [-0.2, -0.15) is 0 Å². The van der Waals surface area contributed by atoms with Crippen molar-refractivity contribution in [2.45, 2.75) is 76.8 Å². The Morgan fingerprint density at radius 2 is 1.67 bits per heavy atom. The van der Waals surface area contributed by atoms with E-state index in [4.69, 9.17) is 0 Å². The summed E-state index contributed by atoms with van der Waals surface area (Å²) in [6.45, 7) is 3.24. The Bertz CT molecular complexity index is 274. The lowest BCUT2D eigenvalue weighted by Crippen LogP contribution is -2.49. The quantitative estimate of drug-likeness (QED) is 0.839. The second-order valence-electron chi connectivity index (χ2n) is 6.08. The van der Waals surface area contributed by atoms with Crippen molar-refractivity contribution in [2.75, 3.05) is 6.54 Å². The predicted molar refractivity (Wildman–Crippen MR) is 72.6 cm³/mol. The SMILES string of the molecule is CC(C1CCCCC1)N1CCCCCC1C(=O)O. The largest absolute Gasteiger partial charge is 0.480 e. The predicted octanol–water partition coefficient (Wildman–Crippen LogP) is 3.28. The van der Waals surface area contributed by atoms with E-state index in [0.717, 1.165) is 25.3 Å². The van der Waals surface area contributed by atoms with E-state index in [0.29, 0.717) is 6.04 Å². The van der Waals surface area contributed by atoms with Crippen molar-refractivity contribution in [1.82, 2.24) is 4.90 Å². The van der Waals surface area contributed by atoms with Crippen LogP contribution >= 0.6 is 0 Å². The summed E-state index contributed by atoms with van der Waals surface area (Å²) in [5.74, 6) is 0.109. The molecule has 1 saturated heterocycles. The van der Waals surface area contributed by atoms with Crippen LogP contribution in [0.1, 0.15) is 64.7 Å². The van der Waals surface area contributed by atoms with Gasteiger partial charge in [-0.1, -0.05) is 32.1 Å². The summed E-state index contributed by atoms with van der Waals surface area (Å²) in [6, 6.07) is 0.217. The van der Waals surface area contributed by atoms with Gasteiger partial charge >= 0.3 is 5.97 Å². The molecule has 3 heteroatoms. The molecule has 1 N–H and O–H groups in total. The lowest BCUT2D eigenvalue weighted by Gasteiger charge is -2.39. The number of nitrogens with zero attached hydrogens (tertiary/aromatic N) is 1. The van der Waals surface area contributed by atoms with Gasteiger partial charge in [-0.05, 0) is 45.1 Å². The van der Waals surface area contributed by atoms with Gasteiger partial charge in [-0.15, -0.1) is 0 Å². The summed E-state index contributed by atoms with van der Waals surface area (Å²) in [5, 5.41) is 9.44. The molecule has 2 aliphatic rings. The summed E-state index contributed by atoms with van der Waals surface area (Å²) >= 11 is 0. The molecule has 0 aromatic rings. The molecule has 3 nitrogen and oxygen atoms in total. The van der Waals surface area contributed by atoms with E-state index < -0.39 is 5.97 Å². The fraction of sp³-hybridized carbons (Fsp3) is 0.933. The first-order valence-corrected chi connectivity index (χ1v) is 7.68. The minimum absolute atomic E-state index is 0.232. The van der Waals surface area contributed by atoms with Crippen molar-refractivity contribution in [3.05, 3.63) is 0 Å². The van der Waals surface area contributed by atoms with Crippen LogP contribution in [0.5, 0.6) is 0 Å². The van der Waals surface area contributed by atoms with Crippen molar-refractivity contribution in [3.63, 3.8) is 0 Å². The topological polar surface area (TPSA) is 40.5 Å². The first kappa shape index (κ1) is 13.9. The first-order chi connectivity index (χ1) is 8.70. The Labute approximate surface area is 111 Å². The van der Waals surface area contributed by atoms with Gasteiger partial charge in [0.15, 0.2) is 0 Å². The summed E-state index contributed by atoms with van der Waals surface area (Å²) in [7, 11) is 0. The maximum absolute atomic E-state index is 11.5. The van der Waals surface area contributed by atoms with Crippen molar-refractivity contribution in [3.8, 4) is 0 Å². The molecule has 2 atom stereocenters. The Morgan fingerprint density at radius 1 is 1.06 bits per heavy atom. The van der Waals surface area contributed by atoms with Crippen molar-refractivity contribution >= 4 is 5.97 Å². The number of carbonyl (C=O) groups is 1. The monoisotopic (exact) mass is 253 g/mol. The van der Waals surface area contributed by atoms with Crippen LogP contribution < -0.4 is 0 Å². The van der Waals surface area contributed by atoms with Gasteiger partial charge in [0.1, 0.15) is 6.04 Å². The van der Waals surface area contributed by atoms with Crippen LogP contribution in [0.25, 0.3) is 0 Å². The van der Waals surface area contributed by atoms with Crippen molar-refractivity contribution < 1.29 is 9.90 Å². The zero-order valence-corrected chi connectivity index (χ0v) is 11.6. The van der Waals surface area contributed by atoms with Gasteiger partial charge < -0.3 is 5.11 Å². The standard InChI is InChI=1S/C15H27NO2/c1-12(13-8-4-2-5-9-13)16-11-7-3-6-10-14(16)15(17)18/h12-14H,2-11H2,1H3,(H,17,18). The summed E-state index contributed by atoms with van der Waals surface area (Å²) < 4.78 is 0. The molecule has 0 bridgehead atoms. The number of hydrogen-bond donors (Lipinski definition) is 1. The minimum atomic E-state index is -0.612. The van der Waals surface area contributed by atoms with Crippen LogP contribution in [0, 0.1) is 5.92 Å². The van der Waals surface area contributed by atoms with E-state index in [-0.39, 0.29) is 6.04 Å². The third-order valence-electron chi connectivity index (χ3n) is 4.93. The van der Waals surface area contributed by atoms with Crippen LogP contribution in [0.4, 0.5) is 0 Å². The Hall–Kier alpha value is -0.570. The molecule has 0 amide bonds. The summed E-state index contributed by atoms with van der Waals surface area (Å²) in [5.41, 5.74) is 0. The highest BCUT2D eigenvalue weighted by atomic mass is 16.4. The highest BCUT2D eigenvalue weighted by Crippen LogP contribution is 2.31. The van der Waals surface area contributed by atoms with E-state index in [1.807, 2.05) is 0 Å². The van der Waals surface area contributed by atoms with Crippen LogP contribution in [-0.4, -0.2) is 34.6 Å². The van der Waals surface area contributed by atoms with E-state index in [1.165, 1.54) is 44.9 Å². The molecule has 1 aliphatic heterocycles. The second-order valence-corrected chi connectivity index (χ2v) is 6.08. The lowest BCUT2D eigenvalue weighted by molar-refractivity contribution is -0.144. The number of rotatable bonds is 3. The molecule has 0 aromatic carbocycles. The Morgan fingerprint density at radius 3 is 2.33 bits per heavy atom. The molecular formula is C15H27NO2. The Balaban J connectivity index is 2.03. The lowest BCUT2D eigenvalue weighted by atomic mass is 9.83. The molecule has 1 heterocycles. The van der Waals surface area contributed by atoms with Crippen LogP contribution in [-0.2, 0) is 4.79 Å². The number of carboxylic acids is 1. The molecule has 1 saturated carbocycles. The second kappa shape index (κ2) is 6.55. The van der Waals surface area contributed by atoms with Crippen LogP contribution in [0.2, 0.25) is 0 Å². The molecule has 1 aliphatic carbocycles. The molecule has 104 valence electrons. The average molecular weight is 253 g/mol. The molecule has 0 aromatic heterocycles. The summed E-state index contributed by atoms with van der Waals surface area (Å²) in [6.07, 6.45) is 10.9. The van der Waals surface area contributed by atoms with Crippen LogP contribution in [0.3, 0.4) is 0 Å². The first-order valence-electron chi connectivity index (χ1n) is 7.68. The van der Waals surface area contributed by atoms with E-state index in [1.54, 1.807) is 0 Å². The Kier molecular flexibility index (Phi) is 5.04. The highest BCUT2D eigenvalue weighted by molar-refractivity contribution is 5.73. The van der Waals surface area contributed by atoms with Crippen molar-refractivity contribution in [2.24, 2.45) is 5.92 Å². The highest BCUT2D eigenvalue weighted by Gasteiger charge is 2.34. The van der Waals surface area contributed by atoms with E-state index in [2.05, 4.69) is 11.8 Å². The third kappa shape index (κ3) is 3.25. The third-order valence-corrected chi connectivity index (χ3v) is 4.93. The zero-order chi connectivity index (χ0) is 13.0. The van der Waals surface area contributed by atoms with Gasteiger partial charge in [0.05, 0.1) is 0 Å². The number of aliphatic carboxylic acids is 1.